The number of piperazine rings is 1. The van der Waals surface area contributed by atoms with E-state index in [1.807, 2.05) is 43.3 Å². The Morgan fingerprint density at radius 1 is 1.00 bits per heavy atom. The lowest BCUT2D eigenvalue weighted by Crippen LogP contribution is -2.50. The molecule has 2 aromatic carbocycles. The number of hydrogen-bond acceptors (Lipinski definition) is 6. The van der Waals surface area contributed by atoms with Gasteiger partial charge in [-0.2, -0.15) is 0 Å². The molecule has 3 N–H and O–H groups in total. The molecule has 0 saturated carbocycles. The van der Waals surface area contributed by atoms with E-state index < -0.39 is 0 Å². The fraction of sp³-hybridized carbons (Fsp3) is 0.231. The van der Waals surface area contributed by atoms with Gasteiger partial charge in [0.1, 0.15) is 17.2 Å². The van der Waals surface area contributed by atoms with Gasteiger partial charge in [-0.25, -0.2) is 24.1 Å². The van der Waals surface area contributed by atoms with E-state index in [1.165, 1.54) is 12.1 Å². The van der Waals surface area contributed by atoms with Crippen LogP contribution in [0.4, 0.5) is 20.7 Å². The predicted octanol–water partition coefficient (Wildman–Crippen LogP) is 3.95. The highest BCUT2D eigenvalue weighted by Crippen LogP contribution is 2.27. The summed E-state index contributed by atoms with van der Waals surface area (Å²) in [5, 5.41) is 2.97. The van der Waals surface area contributed by atoms with Crippen molar-refractivity contribution in [2.75, 3.05) is 36.4 Å². The third-order valence-corrected chi connectivity index (χ3v) is 6.03. The number of aromatic nitrogens is 3. The first kappa shape index (κ1) is 22.7. The van der Waals surface area contributed by atoms with Crippen LogP contribution < -0.4 is 16.0 Å². The highest BCUT2D eigenvalue weighted by molar-refractivity contribution is 5.90. The van der Waals surface area contributed by atoms with Crippen molar-refractivity contribution in [3.63, 3.8) is 0 Å². The van der Waals surface area contributed by atoms with E-state index in [0.717, 1.165) is 16.8 Å². The molecule has 4 aromatic rings. The molecule has 0 aliphatic carbocycles. The van der Waals surface area contributed by atoms with Gasteiger partial charge in [0.25, 0.3) is 0 Å². The van der Waals surface area contributed by atoms with E-state index in [4.69, 9.17) is 10.7 Å². The van der Waals surface area contributed by atoms with E-state index in [9.17, 15) is 9.18 Å². The van der Waals surface area contributed by atoms with Crippen LogP contribution in [0.2, 0.25) is 0 Å². The first-order valence-electron chi connectivity index (χ1n) is 11.5. The van der Waals surface area contributed by atoms with Gasteiger partial charge in [0.2, 0.25) is 0 Å². The summed E-state index contributed by atoms with van der Waals surface area (Å²) in [6, 6.07) is 17.6. The molecule has 35 heavy (non-hydrogen) atoms. The van der Waals surface area contributed by atoms with Gasteiger partial charge in [-0.1, -0.05) is 12.1 Å². The minimum Gasteiger partial charge on any atom is -0.351 e. The van der Waals surface area contributed by atoms with Gasteiger partial charge >= 0.3 is 6.03 Å². The van der Waals surface area contributed by atoms with Gasteiger partial charge in [-0.3, -0.25) is 0 Å². The zero-order valence-electron chi connectivity index (χ0n) is 19.4. The Bertz CT molecular complexity index is 1370. The SMILES string of the molecule is Cc1cccc(NC(=O)N2CCN(c3nc(CN)nc4ccc(-c5ccc(F)cc5)nc34)CC2)c1. The van der Waals surface area contributed by atoms with Crippen LogP contribution in [0.1, 0.15) is 11.4 Å². The third-order valence-electron chi connectivity index (χ3n) is 6.03. The fourth-order valence-electron chi connectivity index (χ4n) is 4.19. The highest BCUT2D eigenvalue weighted by Gasteiger charge is 2.24. The van der Waals surface area contributed by atoms with Crippen molar-refractivity contribution in [1.82, 2.24) is 19.9 Å². The number of urea groups is 1. The number of halogens is 1. The number of hydrogen-bond donors (Lipinski definition) is 2. The van der Waals surface area contributed by atoms with Crippen LogP contribution in [0, 0.1) is 12.7 Å². The molecule has 0 radical (unpaired) electrons. The van der Waals surface area contributed by atoms with E-state index in [2.05, 4.69) is 20.2 Å². The Hall–Kier alpha value is -4.11. The maximum atomic E-state index is 13.4. The second-order valence-electron chi connectivity index (χ2n) is 8.51. The average molecular weight is 472 g/mol. The van der Waals surface area contributed by atoms with Crippen LogP contribution in [0.5, 0.6) is 0 Å². The largest absolute Gasteiger partial charge is 0.351 e. The molecule has 3 heterocycles. The second-order valence-corrected chi connectivity index (χ2v) is 8.51. The normalized spacial score (nSPS) is 13.8. The fourth-order valence-corrected chi connectivity index (χ4v) is 4.19. The third kappa shape index (κ3) is 4.90. The average Bonchev–Trinajstić information content (AvgIpc) is 2.88. The topological polar surface area (TPSA) is 100 Å². The summed E-state index contributed by atoms with van der Waals surface area (Å²) in [7, 11) is 0. The molecule has 0 unspecified atom stereocenters. The first-order valence-corrected chi connectivity index (χ1v) is 11.5. The van der Waals surface area contributed by atoms with Gasteiger partial charge in [0.05, 0.1) is 17.8 Å². The molecule has 1 saturated heterocycles. The second kappa shape index (κ2) is 9.63. The highest BCUT2D eigenvalue weighted by atomic mass is 19.1. The molecule has 8 nitrogen and oxygen atoms in total. The maximum absolute atomic E-state index is 13.4. The number of carbonyl (C=O) groups excluding carboxylic acids is 1. The number of nitrogens with one attached hydrogen (secondary N) is 1. The molecule has 5 rings (SSSR count). The number of carbonyl (C=O) groups is 1. The molecule has 2 aromatic heterocycles. The molecule has 0 atom stereocenters. The Kier molecular flexibility index (Phi) is 6.24. The quantitative estimate of drug-likeness (QED) is 0.468. The van der Waals surface area contributed by atoms with E-state index in [0.29, 0.717) is 54.5 Å². The minimum absolute atomic E-state index is 0.123. The first-order chi connectivity index (χ1) is 17.0. The Labute approximate surface area is 202 Å². The Balaban J connectivity index is 1.38. The lowest BCUT2D eigenvalue weighted by Gasteiger charge is -2.35. The molecule has 1 aliphatic heterocycles. The number of fused-ring (bicyclic) bond motifs is 1. The van der Waals surface area contributed by atoms with Crippen molar-refractivity contribution in [2.24, 2.45) is 5.73 Å². The summed E-state index contributed by atoms with van der Waals surface area (Å²) in [6.07, 6.45) is 0. The van der Waals surface area contributed by atoms with Crippen molar-refractivity contribution < 1.29 is 9.18 Å². The van der Waals surface area contributed by atoms with Crippen LogP contribution in [-0.2, 0) is 6.54 Å². The zero-order valence-corrected chi connectivity index (χ0v) is 19.4. The number of amides is 2. The van der Waals surface area contributed by atoms with Gasteiger partial charge in [0.15, 0.2) is 5.82 Å². The summed E-state index contributed by atoms with van der Waals surface area (Å²) in [4.78, 5) is 30.7. The van der Waals surface area contributed by atoms with Crippen LogP contribution in [0.3, 0.4) is 0 Å². The molecule has 0 spiro atoms. The molecule has 0 bridgehead atoms. The van der Waals surface area contributed by atoms with Crippen molar-refractivity contribution in [3.05, 3.63) is 77.9 Å². The van der Waals surface area contributed by atoms with E-state index >= 15 is 0 Å². The van der Waals surface area contributed by atoms with Crippen LogP contribution in [0.25, 0.3) is 22.3 Å². The number of benzene rings is 2. The number of nitrogens with two attached hydrogens (primary N) is 1. The standard InChI is InChI=1S/C26H26FN7O/c1-17-3-2-4-20(15-17)29-26(35)34-13-11-33(12-14-34)25-24-22(30-23(16-28)32-25)10-9-21(31-24)18-5-7-19(27)8-6-18/h2-10,15H,11-14,16,28H2,1H3,(H,29,35). The maximum Gasteiger partial charge on any atom is 0.321 e. The summed E-state index contributed by atoms with van der Waals surface area (Å²) in [6.45, 7) is 4.48. The zero-order chi connectivity index (χ0) is 24.4. The van der Waals surface area contributed by atoms with E-state index in [-0.39, 0.29) is 18.4 Å². The lowest BCUT2D eigenvalue weighted by molar-refractivity contribution is 0.208. The van der Waals surface area contributed by atoms with Crippen molar-refractivity contribution >= 4 is 28.6 Å². The molecule has 2 amide bonds. The van der Waals surface area contributed by atoms with Crippen LogP contribution in [0.15, 0.2) is 60.7 Å². The molecular weight excluding hydrogens is 445 g/mol. The molecule has 1 fully saturated rings. The molecular formula is C26H26FN7O. The van der Waals surface area contributed by atoms with Gasteiger partial charge in [0, 0.05) is 37.4 Å². The smallest absolute Gasteiger partial charge is 0.321 e. The van der Waals surface area contributed by atoms with Crippen molar-refractivity contribution in [3.8, 4) is 11.3 Å². The molecule has 178 valence electrons. The monoisotopic (exact) mass is 471 g/mol. The summed E-state index contributed by atoms with van der Waals surface area (Å²) < 4.78 is 13.4. The number of aryl methyl sites for hydroxylation is 1. The van der Waals surface area contributed by atoms with Crippen molar-refractivity contribution in [2.45, 2.75) is 13.5 Å². The van der Waals surface area contributed by atoms with Gasteiger partial charge < -0.3 is 20.9 Å². The van der Waals surface area contributed by atoms with Crippen molar-refractivity contribution in [1.29, 1.82) is 0 Å². The van der Waals surface area contributed by atoms with E-state index in [1.54, 1.807) is 17.0 Å². The Morgan fingerprint density at radius 2 is 1.77 bits per heavy atom. The summed E-state index contributed by atoms with van der Waals surface area (Å²) in [5.74, 6) is 0.928. The lowest BCUT2D eigenvalue weighted by atomic mass is 10.1. The summed E-state index contributed by atoms with van der Waals surface area (Å²) in [5.41, 5.74) is 10.6. The number of anilines is 2. The van der Waals surface area contributed by atoms with Gasteiger partial charge in [-0.05, 0) is 61.0 Å². The predicted molar refractivity (Wildman–Crippen MR) is 135 cm³/mol. The van der Waals surface area contributed by atoms with Crippen LogP contribution >= 0.6 is 0 Å². The number of pyridine rings is 1. The molecule has 1 aliphatic rings. The summed E-state index contributed by atoms with van der Waals surface area (Å²) >= 11 is 0. The molecule has 9 heteroatoms. The number of rotatable bonds is 4. The minimum atomic E-state index is -0.296. The Morgan fingerprint density at radius 3 is 2.49 bits per heavy atom. The van der Waals surface area contributed by atoms with Gasteiger partial charge in [-0.15, -0.1) is 0 Å². The number of nitrogens with zero attached hydrogens (tertiary/aromatic N) is 5. The van der Waals surface area contributed by atoms with Crippen LogP contribution in [-0.4, -0.2) is 52.1 Å².